The van der Waals surface area contributed by atoms with Gasteiger partial charge in [-0.15, -0.1) is 11.3 Å². The van der Waals surface area contributed by atoms with E-state index in [0.717, 1.165) is 60.9 Å². The number of aliphatic imine (C=N–C) groups is 2. The van der Waals surface area contributed by atoms with Gasteiger partial charge in [0.05, 0.1) is 11.1 Å². The van der Waals surface area contributed by atoms with E-state index < -0.39 is 0 Å². The fourth-order valence-electron chi connectivity index (χ4n) is 6.88. The number of hydrogen-bond acceptors (Lipinski definition) is 6. The lowest BCUT2D eigenvalue weighted by atomic mass is 9.99. The van der Waals surface area contributed by atoms with E-state index in [9.17, 15) is 0 Å². The number of furan rings is 1. The van der Waals surface area contributed by atoms with E-state index in [1.807, 2.05) is 36.4 Å². The second-order valence-electron chi connectivity index (χ2n) is 12.0. The molecule has 6 aromatic carbocycles. The lowest BCUT2D eigenvalue weighted by Crippen LogP contribution is -2.33. The predicted octanol–water partition coefficient (Wildman–Crippen LogP) is 10.7. The Morgan fingerprint density at radius 2 is 1.33 bits per heavy atom. The van der Waals surface area contributed by atoms with Gasteiger partial charge in [0, 0.05) is 42.2 Å². The summed E-state index contributed by atoms with van der Waals surface area (Å²) < 4.78 is 9.12. The average Bonchev–Trinajstić information content (AvgIpc) is 3.72. The van der Waals surface area contributed by atoms with Crippen LogP contribution in [-0.4, -0.2) is 16.7 Å². The molecule has 0 bridgehead atoms. The normalized spacial score (nSPS) is 14.9. The van der Waals surface area contributed by atoms with E-state index in [2.05, 4.69) is 115 Å². The molecular weight excluding hydrogens is 609 g/mol. The van der Waals surface area contributed by atoms with Crippen molar-refractivity contribution in [2.75, 3.05) is 0 Å². The summed E-state index contributed by atoms with van der Waals surface area (Å²) in [6.45, 7) is 0. The molecule has 0 saturated carbocycles. The largest absolute Gasteiger partial charge is 0.438 e. The first-order valence-corrected chi connectivity index (χ1v) is 16.8. The molecule has 1 atom stereocenters. The minimum atomic E-state index is -0.330. The lowest BCUT2D eigenvalue weighted by molar-refractivity contribution is 0.654. The molecule has 3 aromatic heterocycles. The fourth-order valence-corrected chi connectivity index (χ4v) is 8.01. The molecular formula is C42H26N4OS. The number of nitrogens with zero attached hydrogens (tertiary/aromatic N) is 3. The number of pyridine rings is 1. The van der Waals surface area contributed by atoms with Gasteiger partial charge in [0.2, 0.25) is 5.71 Å². The van der Waals surface area contributed by atoms with Crippen molar-refractivity contribution in [2.45, 2.75) is 6.17 Å². The number of hydrogen-bond donors (Lipinski definition) is 1. The SMILES string of the molecule is c1ccc(C2=NC(c3ccccc3)NC(c3cc(-c4cccc5sc6ccccc6c45)nc4oc5cc6ccccc6cc5c34)=N2)cc1. The Bertz CT molecular complexity index is 2760. The Morgan fingerprint density at radius 1 is 0.604 bits per heavy atom. The number of benzene rings is 6. The molecule has 0 fully saturated rings. The van der Waals surface area contributed by atoms with Crippen LogP contribution in [0, 0.1) is 0 Å². The second kappa shape index (κ2) is 10.7. The van der Waals surface area contributed by atoms with Crippen molar-refractivity contribution in [3.63, 3.8) is 0 Å². The highest BCUT2D eigenvalue weighted by Crippen LogP contribution is 2.42. The highest BCUT2D eigenvalue weighted by Gasteiger charge is 2.26. The molecule has 1 unspecified atom stereocenters. The zero-order chi connectivity index (χ0) is 31.6. The van der Waals surface area contributed by atoms with Crippen molar-refractivity contribution >= 4 is 76.0 Å². The maximum absolute atomic E-state index is 6.64. The average molecular weight is 635 g/mol. The van der Waals surface area contributed by atoms with E-state index in [1.165, 1.54) is 20.2 Å². The molecule has 1 N–H and O–H groups in total. The van der Waals surface area contributed by atoms with Gasteiger partial charge in [0.1, 0.15) is 17.6 Å². The second-order valence-corrected chi connectivity index (χ2v) is 13.1. The van der Waals surface area contributed by atoms with Crippen LogP contribution < -0.4 is 5.32 Å². The number of fused-ring (bicyclic) bond motifs is 7. The molecule has 1 aliphatic heterocycles. The molecule has 0 spiro atoms. The lowest BCUT2D eigenvalue weighted by Gasteiger charge is -2.24. The van der Waals surface area contributed by atoms with E-state index >= 15 is 0 Å². The van der Waals surface area contributed by atoms with Crippen molar-refractivity contribution in [3.8, 4) is 11.3 Å². The quantitative estimate of drug-likeness (QED) is 0.210. The van der Waals surface area contributed by atoms with Crippen LogP contribution >= 0.6 is 11.3 Å². The van der Waals surface area contributed by atoms with E-state index in [-0.39, 0.29) is 6.17 Å². The first-order chi connectivity index (χ1) is 23.8. The van der Waals surface area contributed by atoms with Crippen molar-refractivity contribution < 1.29 is 4.42 Å². The van der Waals surface area contributed by atoms with Crippen molar-refractivity contribution in [3.05, 3.63) is 162 Å². The molecule has 5 nitrogen and oxygen atoms in total. The van der Waals surface area contributed by atoms with Crippen LogP contribution in [0.1, 0.15) is 22.9 Å². The molecule has 48 heavy (non-hydrogen) atoms. The first-order valence-electron chi connectivity index (χ1n) is 16.0. The molecule has 0 aliphatic carbocycles. The fraction of sp³-hybridized carbons (Fsp3) is 0.0238. The Balaban J connectivity index is 1.28. The zero-order valence-electron chi connectivity index (χ0n) is 25.6. The monoisotopic (exact) mass is 634 g/mol. The van der Waals surface area contributed by atoms with Gasteiger partial charge >= 0.3 is 0 Å². The first kappa shape index (κ1) is 27.0. The summed E-state index contributed by atoms with van der Waals surface area (Å²) in [5, 5.41) is 10.3. The minimum absolute atomic E-state index is 0.330. The van der Waals surface area contributed by atoms with Gasteiger partial charge in [-0.3, -0.25) is 0 Å². The number of aromatic nitrogens is 1. The number of nitrogens with one attached hydrogen (secondary N) is 1. The standard InChI is InChI=1S/C42H26N4OS/c1-3-12-25(13-4-1)39-44-40(26-14-5-2-6-15-26)46-41(45-39)32-24-33(29-19-11-21-36-37(29)30-18-9-10-20-35(30)48-36)43-42-38(32)31-22-27-16-7-8-17-28(27)23-34(31)47-42/h1-24,39H,(H,44,45,46). The number of amidine groups is 2. The van der Waals surface area contributed by atoms with E-state index in [1.54, 1.807) is 11.3 Å². The summed E-state index contributed by atoms with van der Waals surface area (Å²) in [6.07, 6.45) is -0.330. The van der Waals surface area contributed by atoms with Crippen LogP contribution in [0.5, 0.6) is 0 Å². The predicted molar refractivity (Wildman–Crippen MR) is 199 cm³/mol. The molecule has 0 saturated heterocycles. The third kappa shape index (κ3) is 4.34. The van der Waals surface area contributed by atoms with Gasteiger partial charge in [0.15, 0.2) is 5.84 Å². The molecule has 6 heteroatoms. The van der Waals surface area contributed by atoms with Crippen molar-refractivity contribution in [2.24, 2.45) is 9.98 Å². The Labute approximate surface area is 279 Å². The van der Waals surface area contributed by atoms with Crippen LogP contribution in [0.15, 0.2) is 160 Å². The summed E-state index contributed by atoms with van der Waals surface area (Å²) in [5.74, 6) is 1.40. The summed E-state index contributed by atoms with van der Waals surface area (Å²) in [7, 11) is 0. The van der Waals surface area contributed by atoms with Crippen LogP contribution in [0.4, 0.5) is 0 Å². The summed E-state index contributed by atoms with van der Waals surface area (Å²) in [6, 6.07) is 50.4. The zero-order valence-corrected chi connectivity index (χ0v) is 26.4. The molecule has 0 amide bonds. The van der Waals surface area contributed by atoms with Crippen molar-refractivity contribution in [1.82, 2.24) is 10.3 Å². The minimum Gasteiger partial charge on any atom is -0.438 e. The summed E-state index contributed by atoms with van der Waals surface area (Å²) in [4.78, 5) is 15.6. The van der Waals surface area contributed by atoms with Gasteiger partial charge < -0.3 is 9.73 Å². The van der Waals surface area contributed by atoms with Gasteiger partial charge in [-0.1, -0.05) is 115 Å². The summed E-state index contributed by atoms with van der Waals surface area (Å²) >= 11 is 1.80. The molecule has 9 aromatic rings. The van der Waals surface area contributed by atoms with Gasteiger partial charge in [0.25, 0.3) is 0 Å². The Morgan fingerprint density at radius 3 is 2.19 bits per heavy atom. The van der Waals surface area contributed by atoms with Gasteiger partial charge in [-0.2, -0.15) is 0 Å². The van der Waals surface area contributed by atoms with Crippen LogP contribution in [-0.2, 0) is 0 Å². The number of rotatable bonds is 4. The molecule has 226 valence electrons. The van der Waals surface area contributed by atoms with Crippen LogP contribution in [0.2, 0.25) is 0 Å². The van der Waals surface area contributed by atoms with Crippen molar-refractivity contribution in [1.29, 1.82) is 0 Å². The van der Waals surface area contributed by atoms with Crippen LogP contribution in [0.25, 0.3) is 64.3 Å². The topological polar surface area (TPSA) is 62.8 Å². The van der Waals surface area contributed by atoms with Gasteiger partial charge in [-0.05, 0) is 46.7 Å². The van der Waals surface area contributed by atoms with E-state index in [0.29, 0.717) is 11.5 Å². The molecule has 10 rings (SSSR count). The Hall–Kier alpha value is -6.11. The maximum atomic E-state index is 6.64. The Kier molecular flexibility index (Phi) is 6.04. The smallest absolute Gasteiger partial charge is 0.228 e. The van der Waals surface area contributed by atoms with Crippen LogP contribution in [0.3, 0.4) is 0 Å². The highest BCUT2D eigenvalue weighted by atomic mass is 32.1. The van der Waals surface area contributed by atoms with Gasteiger partial charge in [-0.25, -0.2) is 15.0 Å². The molecule has 0 radical (unpaired) electrons. The third-order valence-electron chi connectivity index (χ3n) is 9.13. The van der Waals surface area contributed by atoms with E-state index in [4.69, 9.17) is 19.4 Å². The summed E-state index contributed by atoms with van der Waals surface area (Å²) in [5.41, 5.74) is 6.20. The number of thiophene rings is 1. The molecule has 1 aliphatic rings. The highest BCUT2D eigenvalue weighted by molar-refractivity contribution is 7.25. The maximum Gasteiger partial charge on any atom is 0.228 e. The third-order valence-corrected chi connectivity index (χ3v) is 10.3. The molecule has 4 heterocycles.